The predicted octanol–water partition coefficient (Wildman–Crippen LogP) is 2.58. The molecule has 2 heterocycles. The third-order valence-electron chi connectivity index (χ3n) is 4.34. The van der Waals surface area contributed by atoms with E-state index in [1.54, 1.807) is 62.0 Å². The van der Waals surface area contributed by atoms with Gasteiger partial charge in [-0.25, -0.2) is 0 Å². The van der Waals surface area contributed by atoms with Crippen LogP contribution in [0.25, 0.3) is 0 Å². The number of rotatable bonds is 5. The number of hydrogen-bond acceptors (Lipinski definition) is 4. The Balaban J connectivity index is 1.77. The van der Waals surface area contributed by atoms with Crippen molar-refractivity contribution in [1.82, 2.24) is 24.5 Å². The zero-order valence-corrected chi connectivity index (χ0v) is 16.9. The first kappa shape index (κ1) is 19.6. The summed E-state index contributed by atoms with van der Waals surface area (Å²) in [7, 11) is 5.01. The van der Waals surface area contributed by atoms with Gasteiger partial charge in [0.15, 0.2) is 5.69 Å². The van der Waals surface area contributed by atoms with Gasteiger partial charge in [0.1, 0.15) is 0 Å². The minimum Gasteiger partial charge on any atom is -0.343 e. The van der Waals surface area contributed by atoms with Gasteiger partial charge in [-0.15, -0.1) is 0 Å². The van der Waals surface area contributed by atoms with Crippen molar-refractivity contribution in [3.05, 3.63) is 64.2 Å². The van der Waals surface area contributed by atoms with E-state index in [-0.39, 0.29) is 17.5 Å². The lowest BCUT2D eigenvalue weighted by atomic mass is 10.1. The van der Waals surface area contributed by atoms with Gasteiger partial charge < -0.3 is 10.2 Å². The molecule has 1 aromatic carbocycles. The summed E-state index contributed by atoms with van der Waals surface area (Å²) in [6.07, 6.45) is 3.31. The smallest absolute Gasteiger partial charge is 0.276 e. The Kier molecular flexibility index (Phi) is 5.51. The summed E-state index contributed by atoms with van der Waals surface area (Å²) in [5.74, 6) is -0.579. The third-order valence-corrected chi connectivity index (χ3v) is 4.54. The van der Waals surface area contributed by atoms with Crippen LogP contribution in [-0.4, -0.2) is 50.4 Å². The predicted molar refractivity (Wildman–Crippen MR) is 107 cm³/mol. The van der Waals surface area contributed by atoms with Crippen LogP contribution < -0.4 is 5.32 Å². The van der Waals surface area contributed by atoms with Crippen LogP contribution in [-0.2, 0) is 13.6 Å². The molecule has 1 N–H and O–H groups in total. The van der Waals surface area contributed by atoms with Gasteiger partial charge in [0, 0.05) is 32.9 Å². The highest BCUT2D eigenvalue weighted by Gasteiger charge is 2.23. The van der Waals surface area contributed by atoms with Gasteiger partial charge in [-0.05, 0) is 24.6 Å². The van der Waals surface area contributed by atoms with Gasteiger partial charge in [-0.2, -0.15) is 10.2 Å². The van der Waals surface area contributed by atoms with Crippen molar-refractivity contribution >= 4 is 29.1 Å². The molecule has 146 valence electrons. The van der Waals surface area contributed by atoms with Crippen molar-refractivity contribution in [1.29, 1.82) is 0 Å². The van der Waals surface area contributed by atoms with Crippen LogP contribution in [0.3, 0.4) is 0 Å². The number of anilines is 1. The Labute approximate surface area is 167 Å². The molecule has 0 aliphatic rings. The topological polar surface area (TPSA) is 85.1 Å². The van der Waals surface area contributed by atoms with Crippen molar-refractivity contribution in [3.63, 3.8) is 0 Å². The van der Waals surface area contributed by atoms with Crippen LogP contribution in [0, 0.1) is 6.92 Å². The number of aryl methyl sites for hydroxylation is 1. The summed E-state index contributed by atoms with van der Waals surface area (Å²) < 4.78 is 3.29. The van der Waals surface area contributed by atoms with Crippen molar-refractivity contribution in [3.8, 4) is 0 Å². The van der Waals surface area contributed by atoms with Crippen LogP contribution in [0.5, 0.6) is 0 Å². The second-order valence-electron chi connectivity index (χ2n) is 6.64. The first-order valence-corrected chi connectivity index (χ1v) is 8.97. The number of halogens is 1. The number of carbonyl (C=O) groups excluding carboxylic acids is 2. The molecule has 2 aromatic heterocycles. The van der Waals surface area contributed by atoms with Crippen LogP contribution in [0.2, 0.25) is 5.02 Å². The lowest BCUT2D eigenvalue weighted by Crippen LogP contribution is -2.24. The van der Waals surface area contributed by atoms with Crippen LogP contribution in [0.15, 0.2) is 36.7 Å². The highest BCUT2D eigenvalue weighted by atomic mass is 35.5. The van der Waals surface area contributed by atoms with Gasteiger partial charge in [0.2, 0.25) is 0 Å². The number of benzene rings is 1. The molecule has 3 aromatic rings. The Morgan fingerprint density at radius 2 is 1.89 bits per heavy atom. The normalized spacial score (nSPS) is 10.8. The summed E-state index contributed by atoms with van der Waals surface area (Å²) in [4.78, 5) is 26.5. The average Bonchev–Trinajstić information content (AvgIpc) is 3.19. The first-order valence-electron chi connectivity index (χ1n) is 8.59. The van der Waals surface area contributed by atoms with Crippen molar-refractivity contribution in [2.45, 2.75) is 13.5 Å². The Morgan fingerprint density at radius 1 is 1.21 bits per heavy atom. The van der Waals surface area contributed by atoms with Crippen molar-refractivity contribution in [2.24, 2.45) is 7.05 Å². The van der Waals surface area contributed by atoms with Crippen LogP contribution in [0.1, 0.15) is 32.1 Å². The third kappa shape index (κ3) is 4.07. The van der Waals surface area contributed by atoms with E-state index in [0.717, 1.165) is 5.56 Å². The lowest BCUT2D eigenvalue weighted by molar-refractivity contribution is 0.0822. The number of aromatic nitrogens is 4. The molecule has 0 saturated heterocycles. The summed E-state index contributed by atoms with van der Waals surface area (Å²) in [6, 6.07) is 7.17. The number of hydrogen-bond donors (Lipinski definition) is 1. The highest BCUT2D eigenvalue weighted by molar-refractivity contribution is 6.30. The van der Waals surface area contributed by atoms with Crippen molar-refractivity contribution < 1.29 is 9.59 Å². The number of carbonyl (C=O) groups is 2. The van der Waals surface area contributed by atoms with E-state index in [1.165, 1.54) is 4.90 Å². The summed E-state index contributed by atoms with van der Waals surface area (Å²) >= 11 is 5.87. The molecule has 3 rings (SSSR count). The quantitative estimate of drug-likeness (QED) is 0.713. The van der Waals surface area contributed by atoms with Gasteiger partial charge >= 0.3 is 0 Å². The van der Waals surface area contributed by atoms with Gasteiger partial charge in [-0.1, -0.05) is 23.7 Å². The molecule has 0 spiro atoms. The molecule has 28 heavy (non-hydrogen) atoms. The Morgan fingerprint density at radius 3 is 2.46 bits per heavy atom. The van der Waals surface area contributed by atoms with E-state index in [1.807, 2.05) is 12.1 Å². The second-order valence-corrected chi connectivity index (χ2v) is 7.08. The van der Waals surface area contributed by atoms with Gasteiger partial charge in [0.05, 0.1) is 29.1 Å². The zero-order chi connectivity index (χ0) is 20.4. The maximum Gasteiger partial charge on any atom is 0.276 e. The molecule has 8 nitrogen and oxygen atoms in total. The Hall–Kier alpha value is -3.13. The minimum absolute atomic E-state index is 0.213. The SMILES string of the molecule is Cc1c(NC(=O)c2ccc(Cn3cc(Cl)cn3)cc2)c(C(=O)N(C)C)nn1C. The maximum absolute atomic E-state index is 12.7. The van der Waals surface area contributed by atoms with E-state index in [0.29, 0.717) is 28.5 Å². The molecule has 9 heteroatoms. The van der Waals surface area contributed by atoms with E-state index in [2.05, 4.69) is 15.5 Å². The molecule has 0 aliphatic carbocycles. The average molecular weight is 401 g/mol. The molecule has 0 saturated carbocycles. The lowest BCUT2D eigenvalue weighted by Gasteiger charge is -2.11. The van der Waals surface area contributed by atoms with E-state index in [9.17, 15) is 9.59 Å². The molecule has 0 fully saturated rings. The molecular weight excluding hydrogens is 380 g/mol. The van der Waals surface area contributed by atoms with E-state index in [4.69, 9.17) is 11.6 Å². The largest absolute Gasteiger partial charge is 0.343 e. The van der Waals surface area contributed by atoms with E-state index < -0.39 is 0 Å². The number of nitrogens with zero attached hydrogens (tertiary/aromatic N) is 5. The fraction of sp³-hybridized carbons (Fsp3) is 0.263. The first-order chi connectivity index (χ1) is 13.3. The minimum atomic E-state index is -0.308. The highest BCUT2D eigenvalue weighted by Crippen LogP contribution is 2.22. The molecular formula is C19H21ClN6O2. The molecule has 0 radical (unpaired) electrons. The zero-order valence-electron chi connectivity index (χ0n) is 16.1. The van der Waals surface area contributed by atoms with E-state index >= 15 is 0 Å². The van der Waals surface area contributed by atoms with Crippen LogP contribution in [0.4, 0.5) is 5.69 Å². The number of amides is 2. The molecule has 2 amide bonds. The second kappa shape index (κ2) is 7.85. The monoisotopic (exact) mass is 400 g/mol. The molecule has 0 atom stereocenters. The summed E-state index contributed by atoms with van der Waals surface area (Å²) in [6.45, 7) is 2.35. The van der Waals surface area contributed by atoms with Crippen molar-refractivity contribution in [2.75, 3.05) is 19.4 Å². The molecule has 0 unspecified atom stereocenters. The summed E-state index contributed by atoms with van der Waals surface area (Å²) in [5.41, 5.74) is 2.80. The fourth-order valence-corrected chi connectivity index (χ4v) is 2.83. The molecule has 0 aliphatic heterocycles. The fourth-order valence-electron chi connectivity index (χ4n) is 2.68. The Bertz CT molecular complexity index is 1020. The molecule has 0 bridgehead atoms. The number of nitrogens with one attached hydrogen (secondary N) is 1. The maximum atomic E-state index is 12.7. The summed E-state index contributed by atoms with van der Waals surface area (Å²) in [5, 5.41) is 11.8. The standard InChI is InChI=1S/C19H21ClN6O2/c1-12-16(17(23-25(12)4)19(28)24(2)3)22-18(27)14-7-5-13(6-8-14)10-26-11-15(20)9-21-26/h5-9,11H,10H2,1-4H3,(H,22,27). The van der Waals surface area contributed by atoms with Gasteiger partial charge in [0.25, 0.3) is 11.8 Å². The van der Waals surface area contributed by atoms with Gasteiger partial charge in [-0.3, -0.25) is 19.0 Å². The van der Waals surface area contributed by atoms with Crippen LogP contribution >= 0.6 is 11.6 Å².